The highest BCUT2D eigenvalue weighted by Gasteiger charge is 2.47. The van der Waals surface area contributed by atoms with Gasteiger partial charge in [0.1, 0.15) is 11.5 Å². The number of amides is 1. The van der Waals surface area contributed by atoms with E-state index in [2.05, 4.69) is 22.9 Å². The van der Waals surface area contributed by atoms with E-state index < -0.39 is 11.9 Å². The SMILES string of the molecule is CCCCN(CCCCN)C(=O)CN1C[C@H](c2ccc3c(c2)CCO3)C(C(=O)O)[C@@H]1CCc1ncc(C)o1. The van der Waals surface area contributed by atoms with E-state index in [-0.39, 0.29) is 24.4 Å². The Kier molecular flexibility index (Phi) is 9.80. The molecule has 9 heteroatoms. The molecule has 9 nitrogen and oxygen atoms in total. The number of hydrogen-bond donors (Lipinski definition) is 2. The van der Waals surface area contributed by atoms with E-state index >= 15 is 0 Å². The monoisotopic (exact) mass is 526 g/mol. The minimum Gasteiger partial charge on any atom is -0.493 e. The Bertz CT molecular complexity index is 1090. The fourth-order valence-electron chi connectivity index (χ4n) is 5.85. The van der Waals surface area contributed by atoms with Gasteiger partial charge in [0.25, 0.3) is 0 Å². The molecule has 0 aliphatic carbocycles. The van der Waals surface area contributed by atoms with E-state index in [1.165, 1.54) is 0 Å². The predicted molar refractivity (Wildman–Crippen MR) is 144 cm³/mol. The van der Waals surface area contributed by atoms with Crippen molar-refractivity contribution in [2.75, 3.05) is 39.3 Å². The normalized spacial score (nSPS) is 20.9. The number of aromatic nitrogens is 1. The summed E-state index contributed by atoms with van der Waals surface area (Å²) >= 11 is 0. The molecule has 0 radical (unpaired) electrons. The average molecular weight is 527 g/mol. The number of nitrogens with zero attached hydrogens (tertiary/aromatic N) is 3. The first kappa shape index (κ1) is 28.1. The number of carboxylic acid groups (broad SMARTS) is 1. The second kappa shape index (κ2) is 13.2. The number of carboxylic acids is 1. The van der Waals surface area contributed by atoms with Crippen molar-refractivity contribution in [3.8, 4) is 5.75 Å². The number of aliphatic carboxylic acids is 1. The van der Waals surface area contributed by atoms with Gasteiger partial charge in [-0.3, -0.25) is 14.5 Å². The fourth-order valence-corrected chi connectivity index (χ4v) is 5.85. The van der Waals surface area contributed by atoms with Crippen LogP contribution in [0, 0.1) is 12.8 Å². The molecule has 2 aromatic rings. The lowest BCUT2D eigenvalue weighted by Crippen LogP contribution is -2.45. The molecule has 1 aromatic carbocycles. The molecule has 2 aliphatic rings. The molecular formula is C29H42N4O5. The largest absolute Gasteiger partial charge is 0.493 e. The molecule has 208 valence electrons. The standard InChI is InChI=1S/C29H42N4O5/c1-3-4-13-32(14-6-5-12-30)27(34)19-33-18-23(21-7-9-25-22(16-21)11-15-37-25)28(29(35)36)24(33)8-10-26-31-17-20(2)38-26/h7,9,16-17,23-24,28H,3-6,8,10-15,18-19,30H2,1-2H3,(H,35,36)/t23-,24+,28?/m1/s1. The Morgan fingerprint density at radius 2 is 2.05 bits per heavy atom. The summed E-state index contributed by atoms with van der Waals surface area (Å²) < 4.78 is 11.3. The van der Waals surface area contributed by atoms with Gasteiger partial charge in [-0.25, -0.2) is 4.98 Å². The number of aryl methyl sites for hydroxylation is 2. The summed E-state index contributed by atoms with van der Waals surface area (Å²) in [6.07, 6.45) is 7.29. The van der Waals surface area contributed by atoms with Gasteiger partial charge in [0.2, 0.25) is 5.91 Å². The number of likely N-dealkylation sites (tertiary alicyclic amines) is 1. The fraction of sp³-hybridized carbons (Fsp3) is 0.621. The second-order valence-electron chi connectivity index (χ2n) is 10.6. The molecule has 3 atom stereocenters. The minimum absolute atomic E-state index is 0.0552. The maximum absolute atomic E-state index is 13.6. The number of rotatable bonds is 14. The molecule has 1 unspecified atom stereocenters. The van der Waals surface area contributed by atoms with Gasteiger partial charge in [-0.05, 0) is 56.3 Å². The van der Waals surface area contributed by atoms with E-state index in [0.29, 0.717) is 51.5 Å². The molecule has 4 rings (SSSR count). The summed E-state index contributed by atoms with van der Waals surface area (Å²) in [7, 11) is 0. The van der Waals surface area contributed by atoms with Gasteiger partial charge in [-0.2, -0.15) is 0 Å². The van der Waals surface area contributed by atoms with Gasteiger partial charge in [0, 0.05) is 44.4 Å². The molecule has 3 N–H and O–H groups in total. The van der Waals surface area contributed by atoms with Gasteiger partial charge in [-0.1, -0.05) is 25.5 Å². The molecule has 1 amide bonds. The number of carbonyl (C=O) groups excluding carboxylic acids is 1. The molecule has 0 saturated carbocycles. The summed E-state index contributed by atoms with van der Waals surface area (Å²) in [6, 6.07) is 5.74. The zero-order chi connectivity index (χ0) is 27.1. The Balaban J connectivity index is 1.57. The lowest BCUT2D eigenvalue weighted by Gasteiger charge is -2.29. The van der Waals surface area contributed by atoms with Crippen LogP contribution in [-0.2, 0) is 22.4 Å². The Morgan fingerprint density at radius 3 is 2.76 bits per heavy atom. The third-order valence-electron chi connectivity index (χ3n) is 7.85. The summed E-state index contributed by atoms with van der Waals surface area (Å²) in [5.41, 5.74) is 7.81. The number of oxazole rings is 1. The zero-order valence-electron chi connectivity index (χ0n) is 22.7. The van der Waals surface area contributed by atoms with Crippen molar-refractivity contribution in [2.45, 2.75) is 70.8 Å². The van der Waals surface area contributed by atoms with Gasteiger partial charge >= 0.3 is 5.97 Å². The summed E-state index contributed by atoms with van der Waals surface area (Å²) in [5, 5.41) is 10.4. The van der Waals surface area contributed by atoms with E-state index in [4.69, 9.17) is 14.9 Å². The van der Waals surface area contributed by atoms with Crippen LogP contribution in [0.5, 0.6) is 5.75 Å². The quantitative estimate of drug-likeness (QED) is 0.359. The molecule has 2 aliphatic heterocycles. The van der Waals surface area contributed by atoms with Gasteiger partial charge in [0.15, 0.2) is 5.89 Å². The van der Waals surface area contributed by atoms with Gasteiger partial charge in [-0.15, -0.1) is 0 Å². The molecule has 1 saturated heterocycles. The zero-order valence-corrected chi connectivity index (χ0v) is 22.7. The third kappa shape index (κ3) is 6.74. The topological polar surface area (TPSA) is 122 Å². The van der Waals surface area contributed by atoms with Crippen LogP contribution >= 0.6 is 0 Å². The van der Waals surface area contributed by atoms with Crippen LogP contribution in [0.4, 0.5) is 0 Å². The molecular weight excluding hydrogens is 484 g/mol. The van der Waals surface area contributed by atoms with Crippen LogP contribution in [0.15, 0.2) is 28.8 Å². The maximum Gasteiger partial charge on any atom is 0.308 e. The van der Waals surface area contributed by atoms with E-state index in [1.54, 1.807) is 6.20 Å². The number of fused-ring (bicyclic) bond motifs is 1. The highest BCUT2D eigenvalue weighted by molar-refractivity contribution is 5.79. The number of hydrogen-bond acceptors (Lipinski definition) is 7. The highest BCUT2D eigenvalue weighted by Crippen LogP contribution is 2.41. The predicted octanol–water partition coefficient (Wildman–Crippen LogP) is 3.39. The van der Waals surface area contributed by atoms with Crippen molar-refractivity contribution >= 4 is 11.9 Å². The Labute approximate surface area is 225 Å². The number of nitrogens with two attached hydrogens (primary N) is 1. The van der Waals surface area contributed by atoms with Crippen molar-refractivity contribution < 1.29 is 23.8 Å². The maximum atomic E-state index is 13.6. The summed E-state index contributed by atoms with van der Waals surface area (Å²) in [5.74, 6) is 0.577. The number of ether oxygens (including phenoxy) is 1. The Morgan fingerprint density at radius 1 is 1.24 bits per heavy atom. The molecule has 1 aromatic heterocycles. The van der Waals surface area contributed by atoms with E-state index in [0.717, 1.165) is 54.7 Å². The average Bonchev–Trinajstić information content (AvgIpc) is 3.62. The second-order valence-corrected chi connectivity index (χ2v) is 10.6. The van der Waals surface area contributed by atoms with E-state index in [1.807, 2.05) is 24.0 Å². The van der Waals surface area contributed by atoms with Crippen LogP contribution in [0.3, 0.4) is 0 Å². The highest BCUT2D eigenvalue weighted by atomic mass is 16.5. The van der Waals surface area contributed by atoms with Crippen molar-refractivity contribution in [2.24, 2.45) is 11.7 Å². The van der Waals surface area contributed by atoms with Crippen LogP contribution in [0.2, 0.25) is 0 Å². The smallest absolute Gasteiger partial charge is 0.308 e. The lowest BCUT2D eigenvalue weighted by molar-refractivity contribution is -0.143. The summed E-state index contributed by atoms with van der Waals surface area (Å²) in [6.45, 7) is 7.34. The van der Waals surface area contributed by atoms with Crippen molar-refractivity contribution in [3.05, 3.63) is 47.2 Å². The van der Waals surface area contributed by atoms with Crippen LogP contribution in [0.25, 0.3) is 0 Å². The summed E-state index contributed by atoms with van der Waals surface area (Å²) in [4.78, 5) is 34.6. The van der Waals surface area contributed by atoms with Crippen LogP contribution in [0.1, 0.15) is 67.7 Å². The number of carbonyl (C=O) groups is 2. The Hall–Kier alpha value is -2.91. The van der Waals surface area contributed by atoms with Gasteiger partial charge < -0.3 is 24.9 Å². The molecule has 38 heavy (non-hydrogen) atoms. The van der Waals surface area contributed by atoms with Crippen molar-refractivity contribution in [1.29, 1.82) is 0 Å². The van der Waals surface area contributed by atoms with Crippen LogP contribution in [-0.4, -0.2) is 77.1 Å². The molecule has 1 fully saturated rings. The van der Waals surface area contributed by atoms with Gasteiger partial charge in [0.05, 0.1) is 25.3 Å². The molecule has 0 bridgehead atoms. The van der Waals surface area contributed by atoms with E-state index in [9.17, 15) is 14.7 Å². The van der Waals surface area contributed by atoms with Crippen molar-refractivity contribution in [1.82, 2.24) is 14.8 Å². The first-order chi connectivity index (χ1) is 18.4. The molecule has 0 spiro atoms. The van der Waals surface area contributed by atoms with Crippen LogP contribution < -0.4 is 10.5 Å². The first-order valence-electron chi connectivity index (χ1n) is 14.0. The lowest BCUT2D eigenvalue weighted by atomic mass is 9.83. The molecule has 3 heterocycles. The van der Waals surface area contributed by atoms with Crippen molar-refractivity contribution in [3.63, 3.8) is 0 Å². The first-order valence-corrected chi connectivity index (χ1v) is 14.0. The third-order valence-corrected chi connectivity index (χ3v) is 7.85. The minimum atomic E-state index is -0.832. The number of benzene rings is 1. The number of unbranched alkanes of at least 4 members (excludes halogenated alkanes) is 2.